The van der Waals surface area contributed by atoms with E-state index in [4.69, 9.17) is 9.47 Å². The maximum Gasteiger partial charge on any atom is 0.264 e. The zero-order valence-electron chi connectivity index (χ0n) is 24.3. The van der Waals surface area contributed by atoms with Crippen LogP contribution in [0.3, 0.4) is 0 Å². The maximum absolute atomic E-state index is 14.2. The predicted molar refractivity (Wildman–Crippen MR) is 160 cm³/mol. The van der Waals surface area contributed by atoms with E-state index in [1.807, 2.05) is 45.0 Å². The van der Waals surface area contributed by atoms with Gasteiger partial charge in [-0.25, -0.2) is 8.42 Å². The number of nitrogens with zero attached hydrogens (tertiary/aromatic N) is 2. The topological polar surface area (TPSA) is 105 Å². The first-order valence-corrected chi connectivity index (χ1v) is 15.0. The Morgan fingerprint density at radius 2 is 1.56 bits per heavy atom. The summed E-state index contributed by atoms with van der Waals surface area (Å²) in [6.45, 7) is 5.81. The summed E-state index contributed by atoms with van der Waals surface area (Å²) in [5, 5.41) is 2.89. The Labute approximate surface area is 243 Å². The molecule has 0 saturated carbocycles. The van der Waals surface area contributed by atoms with Gasteiger partial charge in [0.1, 0.15) is 12.6 Å². The van der Waals surface area contributed by atoms with E-state index in [9.17, 15) is 18.0 Å². The highest BCUT2D eigenvalue weighted by Gasteiger charge is 2.34. The van der Waals surface area contributed by atoms with Crippen LogP contribution in [0.5, 0.6) is 11.5 Å². The van der Waals surface area contributed by atoms with Gasteiger partial charge < -0.3 is 19.7 Å². The molecule has 0 aromatic heterocycles. The lowest BCUT2D eigenvalue weighted by molar-refractivity contribution is -0.140. The van der Waals surface area contributed by atoms with Crippen molar-refractivity contribution in [2.24, 2.45) is 0 Å². The average molecular weight is 582 g/mol. The lowest BCUT2D eigenvalue weighted by Gasteiger charge is -2.33. The highest BCUT2D eigenvalue weighted by molar-refractivity contribution is 7.92. The molecule has 0 bridgehead atoms. The normalized spacial score (nSPS) is 11.8. The smallest absolute Gasteiger partial charge is 0.264 e. The van der Waals surface area contributed by atoms with Crippen molar-refractivity contribution in [3.05, 3.63) is 83.9 Å². The molecule has 3 rings (SSSR count). The molecule has 0 aliphatic heterocycles. The minimum atomic E-state index is -4.19. The van der Waals surface area contributed by atoms with Gasteiger partial charge in [-0.05, 0) is 55.2 Å². The molecule has 220 valence electrons. The summed E-state index contributed by atoms with van der Waals surface area (Å²) in [6.07, 6.45) is 1.10. The van der Waals surface area contributed by atoms with E-state index in [0.29, 0.717) is 24.5 Å². The second-order valence-electron chi connectivity index (χ2n) is 9.53. The highest BCUT2D eigenvalue weighted by atomic mass is 32.2. The number of ether oxygens (including phenoxy) is 2. The molecule has 3 aromatic carbocycles. The van der Waals surface area contributed by atoms with Gasteiger partial charge in [-0.1, -0.05) is 56.3 Å². The largest absolute Gasteiger partial charge is 0.493 e. The van der Waals surface area contributed by atoms with Crippen molar-refractivity contribution in [1.82, 2.24) is 10.2 Å². The molecule has 9 nitrogen and oxygen atoms in total. The third-order valence-electron chi connectivity index (χ3n) is 6.80. The van der Waals surface area contributed by atoms with Crippen LogP contribution < -0.4 is 19.1 Å². The Bertz CT molecular complexity index is 1430. The number of carbonyl (C=O) groups is 2. The van der Waals surface area contributed by atoms with Crippen LogP contribution in [0.4, 0.5) is 5.69 Å². The Balaban J connectivity index is 2.11. The minimum absolute atomic E-state index is 0.0285. The van der Waals surface area contributed by atoms with Crippen molar-refractivity contribution in [3.63, 3.8) is 0 Å². The van der Waals surface area contributed by atoms with E-state index in [0.717, 1.165) is 21.9 Å². The summed E-state index contributed by atoms with van der Waals surface area (Å²) < 4.78 is 39.8. The monoisotopic (exact) mass is 581 g/mol. The van der Waals surface area contributed by atoms with Crippen molar-refractivity contribution < 1.29 is 27.5 Å². The zero-order chi connectivity index (χ0) is 30.0. The Kier molecular flexibility index (Phi) is 11.2. The van der Waals surface area contributed by atoms with Gasteiger partial charge in [0, 0.05) is 19.2 Å². The Morgan fingerprint density at radius 3 is 2.17 bits per heavy atom. The van der Waals surface area contributed by atoms with Crippen LogP contribution >= 0.6 is 0 Å². The van der Waals surface area contributed by atoms with Crippen LogP contribution in [-0.2, 0) is 26.2 Å². The van der Waals surface area contributed by atoms with Crippen molar-refractivity contribution in [1.29, 1.82) is 0 Å². The number of anilines is 1. The quantitative estimate of drug-likeness (QED) is 0.300. The van der Waals surface area contributed by atoms with E-state index in [2.05, 4.69) is 5.32 Å². The lowest BCUT2D eigenvalue weighted by atomic mass is 10.1. The van der Waals surface area contributed by atoms with E-state index >= 15 is 0 Å². The first kappa shape index (κ1) is 31.5. The molecule has 0 heterocycles. The van der Waals surface area contributed by atoms with Crippen LogP contribution in [0.1, 0.15) is 37.8 Å². The molecule has 0 aliphatic carbocycles. The number of methoxy groups -OCH3 is 2. The molecule has 0 radical (unpaired) electrons. The van der Waals surface area contributed by atoms with Crippen molar-refractivity contribution >= 4 is 27.5 Å². The van der Waals surface area contributed by atoms with Crippen LogP contribution in [0.2, 0.25) is 0 Å². The minimum Gasteiger partial charge on any atom is -0.493 e. The first-order chi connectivity index (χ1) is 19.7. The third-order valence-corrected chi connectivity index (χ3v) is 8.59. The second kappa shape index (κ2) is 14.5. The predicted octanol–water partition coefficient (Wildman–Crippen LogP) is 4.54. The molecule has 3 aromatic rings. The van der Waals surface area contributed by atoms with Crippen molar-refractivity contribution in [2.45, 2.75) is 51.1 Å². The van der Waals surface area contributed by atoms with Gasteiger partial charge in [-0.2, -0.15) is 0 Å². The summed E-state index contributed by atoms with van der Waals surface area (Å²) in [6, 6.07) is 19.4. The number of sulfonamides is 1. The van der Waals surface area contributed by atoms with Crippen molar-refractivity contribution in [2.75, 3.05) is 31.6 Å². The van der Waals surface area contributed by atoms with Gasteiger partial charge in [0.05, 0.1) is 24.8 Å². The van der Waals surface area contributed by atoms with Gasteiger partial charge in [-0.15, -0.1) is 0 Å². The van der Waals surface area contributed by atoms with Crippen LogP contribution in [-0.4, -0.2) is 58.5 Å². The summed E-state index contributed by atoms with van der Waals surface area (Å²) in [5.74, 6) is -0.0618. The second-order valence-corrected chi connectivity index (χ2v) is 11.4. The molecule has 2 amide bonds. The molecule has 0 saturated heterocycles. The molecule has 1 atom stereocenters. The van der Waals surface area contributed by atoms with Gasteiger partial charge >= 0.3 is 0 Å². The van der Waals surface area contributed by atoms with E-state index in [1.54, 1.807) is 30.3 Å². The van der Waals surface area contributed by atoms with Crippen LogP contribution in [0.25, 0.3) is 0 Å². The summed E-state index contributed by atoms with van der Waals surface area (Å²) in [5.41, 5.74) is 2.05. The van der Waals surface area contributed by atoms with Gasteiger partial charge in [0.2, 0.25) is 11.8 Å². The van der Waals surface area contributed by atoms with Crippen molar-refractivity contribution in [3.8, 4) is 11.5 Å². The van der Waals surface area contributed by atoms with Crippen LogP contribution in [0.15, 0.2) is 77.7 Å². The van der Waals surface area contributed by atoms with E-state index < -0.39 is 28.5 Å². The molecule has 0 spiro atoms. The number of amides is 2. The highest BCUT2D eigenvalue weighted by Crippen LogP contribution is 2.34. The van der Waals surface area contributed by atoms with Gasteiger partial charge in [-0.3, -0.25) is 13.9 Å². The Hall–Kier alpha value is -4.05. The molecule has 1 N–H and O–H groups in total. The molecule has 41 heavy (non-hydrogen) atoms. The number of rotatable bonds is 14. The van der Waals surface area contributed by atoms with E-state index in [1.165, 1.54) is 37.3 Å². The molecule has 0 fully saturated rings. The molecule has 0 aliphatic rings. The molecule has 0 unspecified atom stereocenters. The third kappa shape index (κ3) is 7.58. The lowest BCUT2D eigenvalue weighted by Crippen LogP contribution is -2.52. The molecular formula is C31H39N3O6S. The fraction of sp³-hybridized carbons (Fsp3) is 0.355. The summed E-state index contributed by atoms with van der Waals surface area (Å²) in [7, 11) is -1.25. The van der Waals surface area contributed by atoms with Gasteiger partial charge in [0.15, 0.2) is 11.5 Å². The van der Waals surface area contributed by atoms with E-state index in [-0.39, 0.29) is 23.0 Å². The average Bonchev–Trinajstić information content (AvgIpc) is 2.99. The summed E-state index contributed by atoms with van der Waals surface area (Å²) >= 11 is 0. The zero-order valence-corrected chi connectivity index (χ0v) is 25.1. The number of hydrogen-bond donors (Lipinski definition) is 1. The fourth-order valence-electron chi connectivity index (χ4n) is 4.48. The number of hydrogen-bond acceptors (Lipinski definition) is 6. The molecule has 10 heteroatoms. The number of carbonyl (C=O) groups excluding carboxylic acids is 2. The maximum atomic E-state index is 14.2. The first-order valence-electron chi connectivity index (χ1n) is 13.6. The molecular weight excluding hydrogens is 542 g/mol. The Morgan fingerprint density at radius 1 is 0.902 bits per heavy atom. The number of aryl methyl sites for hydroxylation is 1. The van der Waals surface area contributed by atoms with Crippen LogP contribution in [0, 0.1) is 6.92 Å². The fourth-order valence-corrected chi connectivity index (χ4v) is 5.91. The van der Waals surface area contributed by atoms with Gasteiger partial charge in [0.25, 0.3) is 10.0 Å². The number of nitrogens with one attached hydrogen (secondary N) is 1. The summed E-state index contributed by atoms with van der Waals surface area (Å²) in [4.78, 5) is 28.9. The standard InChI is InChI=1S/C31H39N3O6S/c1-6-19-32-31(36)27(7-2)33(21-24-14-12-11-13-23(24)3)30(35)22-34(41(37,38)26-15-9-8-10-16-26)25-17-18-28(39-4)29(20-25)40-5/h8-18,20,27H,6-7,19,21-22H2,1-5H3,(H,32,36)/t27-/m1/s1. The number of benzene rings is 3. The SMILES string of the molecule is CCCNC(=O)[C@@H](CC)N(Cc1ccccc1C)C(=O)CN(c1ccc(OC)c(OC)c1)S(=O)(=O)c1ccccc1.